The second kappa shape index (κ2) is 4.98. The molecule has 1 aliphatic rings. The number of hydrogen-bond acceptors (Lipinski definition) is 3. The number of pyridine rings is 1. The molecule has 1 atom stereocenters. The highest BCUT2D eigenvalue weighted by Crippen LogP contribution is 2.25. The monoisotopic (exact) mass is 244 g/mol. The van der Waals surface area contributed by atoms with Crippen LogP contribution in [-0.2, 0) is 0 Å². The van der Waals surface area contributed by atoms with Gasteiger partial charge in [-0.3, -0.25) is 4.40 Å². The highest BCUT2D eigenvalue weighted by Gasteiger charge is 2.25. The van der Waals surface area contributed by atoms with Gasteiger partial charge in [-0.2, -0.15) is 0 Å². The average Bonchev–Trinajstić information content (AvgIpc) is 3.04. The van der Waals surface area contributed by atoms with Crippen molar-refractivity contribution in [2.75, 3.05) is 24.5 Å². The van der Waals surface area contributed by atoms with Crippen LogP contribution in [0.1, 0.15) is 19.8 Å². The lowest BCUT2D eigenvalue weighted by Gasteiger charge is -2.27. The van der Waals surface area contributed by atoms with Crippen LogP contribution in [-0.4, -0.2) is 35.1 Å². The van der Waals surface area contributed by atoms with E-state index in [2.05, 4.69) is 44.7 Å². The number of imidazole rings is 1. The van der Waals surface area contributed by atoms with Crippen LogP contribution in [0.3, 0.4) is 0 Å². The van der Waals surface area contributed by atoms with Gasteiger partial charge in [0.25, 0.3) is 0 Å². The number of nitrogens with zero attached hydrogens (tertiary/aromatic N) is 3. The van der Waals surface area contributed by atoms with E-state index in [1.807, 2.05) is 12.4 Å². The van der Waals surface area contributed by atoms with Crippen LogP contribution < -0.4 is 10.2 Å². The van der Waals surface area contributed by atoms with Gasteiger partial charge in [0.2, 0.25) is 0 Å². The van der Waals surface area contributed by atoms with Crippen LogP contribution in [0.5, 0.6) is 0 Å². The van der Waals surface area contributed by atoms with Crippen molar-refractivity contribution >= 4 is 11.5 Å². The summed E-state index contributed by atoms with van der Waals surface area (Å²) in [6.45, 7) is 5.42. The summed E-state index contributed by atoms with van der Waals surface area (Å²) in [6, 6.07) is 6.95. The minimum absolute atomic E-state index is 0.609. The highest BCUT2D eigenvalue weighted by atomic mass is 15.3. The van der Waals surface area contributed by atoms with Gasteiger partial charge < -0.3 is 10.2 Å². The lowest BCUT2D eigenvalue weighted by atomic mass is 10.2. The largest absolute Gasteiger partial charge is 0.353 e. The molecule has 0 saturated carbocycles. The summed E-state index contributed by atoms with van der Waals surface area (Å²) in [5.41, 5.74) is 1.03. The van der Waals surface area contributed by atoms with Gasteiger partial charge >= 0.3 is 0 Å². The molecule has 3 rings (SSSR count). The Bertz CT molecular complexity index is 519. The van der Waals surface area contributed by atoms with Crippen molar-refractivity contribution in [1.29, 1.82) is 0 Å². The van der Waals surface area contributed by atoms with Gasteiger partial charge in [-0.05, 0) is 31.5 Å². The van der Waals surface area contributed by atoms with E-state index in [-0.39, 0.29) is 0 Å². The van der Waals surface area contributed by atoms with Crippen LogP contribution in [0.4, 0.5) is 5.82 Å². The fourth-order valence-corrected chi connectivity index (χ4v) is 2.83. The summed E-state index contributed by atoms with van der Waals surface area (Å²) < 4.78 is 2.18. The fourth-order valence-electron chi connectivity index (χ4n) is 2.83. The third-order valence-corrected chi connectivity index (χ3v) is 3.71. The Morgan fingerprint density at radius 3 is 3.28 bits per heavy atom. The molecule has 0 amide bonds. The van der Waals surface area contributed by atoms with E-state index in [1.165, 1.54) is 18.7 Å². The molecule has 0 bridgehead atoms. The molecular weight excluding hydrogens is 224 g/mol. The molecule has 18 heavy (non-hydrogen) atoms. The van der Waals surface area contributed by atoms with E-state index in [4.69, 9.17) is 0 Å². The number of fused-ring (bicyclic) bond motifs is 1. The molecule has 0 spiro atoms. The molecule has 4 heteroatoms. The van der Waals surface area contributed by atoms with Gasteiger partial charge in [0.1, 0.15) is 11.5 Å². The molecule has 3 heterocycles. The van der Waals surface area contributed by atoms with Crippen molar-refractivity contribution < 1.29 is 0 Å². The zero-order valence-electron chi connectivity index (χ0n) is 10.8. The van der Waals surface area contributed by atoms with Gasteiger partial charge in [-0.25, -0.2) is 4.98 Å². The lowest BCUT2D eigenvalue weighted by Crippen LogP contribution is -2.38. The molecule has 1 aliphatic heterocycles. The van der Waals surface area contributed by atoms with Crippen molar-refractivity contribution in [1.82, 2.24) is 14.7 Å². The molecule has 1 fully saturated rings. The highest BCUT2D eigenvalue weighted by molar-refractivity contribution is 5.52. The molecule has 0 aromatic carbocycles. The minimum atomic E-state index is 0.609. The number of likely N-dealkylation sites (N-methyl/N-ethyl adjacent to an activating group) is 1. The Balaban J connectivity index is 1.90. The number of nitrogens with one attached hydrogen (secondary N) is 1. The summed E-state index contributed by atoms with van der Waals surface area (Å²) in [7, 11) is 0. The number of hydrogen-bond donors (Lipinski definition) is 1. The summed E-state index contributed by atoms with van der Waals surface area (Å²) >= 11 is 0. The first kappa shape index (κ1) is 11.5. The third kappa shape index (κ3) is 1.97. The Morgan fingerprint density at radius 1 is 1.44 bits per heavy atom. The SMILES string of the molecule is CCNCC1CCCN1c1cccc2nccn12. The molecule has 0 radical (unpaired) electrons. The summed E-state index contributed by atoms with van der Waals surface area (Å²) in [5, 5.41) is 3.47. The quantitative estimate of drug-likeness (QED) is 0.891. The normalized spacial score (nSPS) is 19.8. The maximum atomic E-state index is 4.36. The van der Waals surface area contributed by atoms with Crippen LogP contribution in [0.2, 0.25) is 0 Å². The van der Waals surface area contributed by atoms with Crippen LogP contribution >= 0.6 is 0 Å². The predicted octanol–water partition coefficient (Wildman–Crippen LogP) is 1.91. The first-order valence-corrected chi connectivity index (χ1v) is 6.79. The summed E-state index contributed by atoms with van der Waals surface area (Å²) in [5.74, 6) is 1.27. The van der Waals surface area contributed by atoms with Gasteiger partial charge in [0, 0.05) is 31.5 Å². The Labute approximate surface area is 108 Å². The predicted molar refractivity (Wildman–Crippen MR) is 74.1 cm³/mol. The zero-order chi connectivity index (χ0) is 12.4. The van der Waals surface area contributed by atoms with Crippen LogP contribution in [0.25, 0.3) is 5.65 Å². The van der Waals surface area contributed by atoms with E-state index in [9.17, 15) is 0 Å². The average molecular weight is 244 g/mol. The zero-order valence-corrected chi connectivity index (χ0v) is 10.8. The topological polar surface area (TPSA) is 32.6 Å². The Hall–Kier alpha value is -1.55. The summed E-state index contributed by atoms with van der Waals surface area (Å²) in [6.07, 6.45) is 6.47. The molecule has 2 aromatic rings. The molecule has 1 saturated heterocycles. The maximum Gasteiger partial charge on any atom is 0.138 e. The lowest BCUT2D eigenvalue weighted by molar-refractivity contribution is 0.583. The van der Waals surface area contributed by atoms with Gasteiger partial charge in [-0.15, -0.1) is 0 Å². The smallest absolute Gasteiger partial charge is 0.138 e. The van der Waals surface area contributed by atoms with Crippen LogP contribution in [0.15, 0.2) is 30.6 Å². The second-order valence-corrected chi connectivity index (χ2v) is 4.84. The Kier molecular flexibility index (Phi) is 3.19. The first-order chi connectivity index (χ1) is 8.90. The van der Waals surface area contributed by atoms with E-state index < -0.39 is 0 Å². The fraction of sp³-hybridized carbons (Fsp3) is 0.500. The van der Waals surface area contributed by atoms with E-state index >= 15 is 0 Å². The molecule has 1 N–H and O–H groups in total. The molecule has 1 unspecified atom stereocenters. The summed E-state index contributed by atoms with van der Waals surface area (Å²) in [4.78, 5) is 6.87. The van der Waals surface area contributed by atoms with E-state index in [1.54, 1.807) is 0 Å². The van der Waals surface area contributed by atoms with E-state index in [0.29, 0.717) is 6.04 Å². The minimum Gasteiger partial charge on any atom is -0.353 e. The standard InChI is InChI=1S/C14H20N4/c1-2-15-11-12-5-4-9-17(12)14-7-3-6-13-16-8-10-18(13)14/h3,6-8,10,12,15H,2,4-5,9,11H2,1H3. The molecule has 4 nitrogen and oxygen atoms in total. The van der Waals surface area contributed by atoms with Gasteiger partial charge in [0.15, 0.2) is 0 Å². The Morgan fingerprint density at radius 2 is 2.39 bits per heavy atom. The maximum absolute atomic E-state index is 4.36. The van der Waals surface area contributed by atoms with Crippen molar-refractivity contribution in [2.45, 2.75) is 25.8 Å². The molecule has 0 aliphatic carbocycles. The second-order valence-electron chi connectivity index (χ2n) is 4.84. The van der Waals surface area contributed by atoms with Crippen molar-refractivity contribution in [3.05, 3.63) is 30.6 Å². The number of rotatable bonds is 4. The van der Waals surface area contributed by atoms with E-state index in [0.717, 1.165) is 25.3 Å². The number of anilines is 1. The third-order valence-electron chi connectivity index (χ3n) is 3.71. The van der Waals surface area contributed by atoms with Crippen molar-refractivity contribution in [3.63, 3.8) is 0 Å². The van der Waals surface area contributed by atoms with Gasteiger partial charge in [-0.1, -0.05) is 13.0 Å². The van der Waals surface area contributed by atoms with Crippen molar-refractivity contribution in [2.24, 2.45) is 0 Å². The van der Waals surface area contributed by atoms with Crippen LogP contribution in [0, 0.1) is 0 Å². The first-order valence-electron chi connectivity index (χ1n) is 6.79. The molecule has 96 valence electrons. The van der Waals surface area contributed by atoms with Gasteiger partial charge in [0.05, 0.1) is 0 Å². The number of aromatic nitrogens is 2. The van der Waals surface area contributed by atoms with Crippen molar-refractivity contribution in [3.8, 4) is 0 Å². The molecular formula is C14H20N4. The molecule has 2 aromatic heterocycles.